The molecule has 1 N–H and O–H groups in total. The van der Waals surface area contributed by atoms with Gasteiger partial charge in [0, 0.05) is 37.3 Å². The molecule has 1 atom stereocenters. The van der Waals surface area contributed by atoms with Crippen molar-refractivity contribution >= 4 is 22.6 Å². The SMILES string of the molecule is O=C(O)C(c1cc2ccccc2o1)N1CCN(c2ccc(F)cc2)CC1. The van der Waals surface area contributed by atoms with E-state index in [1.807, 2.05) is 29.2 Å². The van der Waals surface area contributed by atoms with Crippen molar-refractivity contribution in [2.75, 3.05) is 31.1 Å². The highest BCUT2D eigenvalue weighted by Crippen LogP contribution is 2.29. The topological polar surface area (TPSA) is 56.9 Å². The first-order chi connectivity index (χ1) is 12.6. The molecule has 0 amide bonds. The summed E-state index contributed by atoms with van der Waals surface area (Å²) in [5.74, 6) is -0.726. The summed E-state index contributed by atoms with van der Waals surface area (Å²) in [5, 5.41) is 10.7. The summed E-state index contributed by atoms with van der Waals surface area (Å²) in [7, 11) is 0. The number of piperazine rings is 1. The smallest absolute Gasteiger partial charge is 0.328 e. The lowest BCUT2D eigenvalue weighted by atomic mass is 10.1. The van der Waals surface area contributed by atoms with Gasteiger partial charge in [0.05, 0.1) is 0 Å². The first-order valence-corrected chi connectivity index (χ1v) is 8.58. The molecule has 134 valence electrons. The van der Waals surface area contributed by atoms with Crippen LogP contribution in [0.25, 0.3) is 11.0 Å². The van der Waals surface area contributed by atoms with E-state index in [0.717, 1.165) is 11.1 Å². The molecule has 26 heavy (non-hydrogen) atoms. The molecule has 1 aromatic heterocycles. The minimum atomic E-state index is -0.917. The summed E-state index contributed by atoms with van der Waals surface area (Å²) >= 11 is 0. The molecular weight excluding hydrogens is 335 g/mol. The number of anilines is 1. The maximum absolute atomic E-state index is 13.1. The van der Waals surface area contributed by atoms with E-state index in [0.29, 0.717) is 37.5 Å². The lowest BCUT2D eigenvalue weighted by Crippen LogP contribution is -2.49. The molecule has 1 aliphatic heterocycles. The van der Waals surface area contributed by atoms with Crippen molar-refractivity contribution in [2.45, 2.75) is 6.04 Å². The summed E-state index contributed by atoms with van der Waals surface area (Å²) in [6.07, 6.45) is 0. The van der Waals surface area contributed by atoms with Crippen molar-refractivity contribution in [2.24, 2.45) is 0 Å². The molecule has 1 saturated heterocycles. The average molecular weight is 354 g/mol. The van der Waals surface area contributed by atoms with Gasteiger partial charge in [0.2, 0.25) is 0 Å². The Labute approximate surface area is 150 Å². The molecular formula is C20H19FN2O3. The van der Waals surface area contributed by atoms with Crippen LogP contribution in [0.4, 0.5) is 10.1 Å². The number of halogens is 1. The Balaban J connectivity index is 1.52. The molecule has 1 aliphatic rings. The number of hydrogen-bond donors (Lipinski definition) is 1. The maximum Gasteiger partial charge on any atom is 0.328 e. The number of carboxylic acid groups (broad SMARTS) is 1. The third kappa shape index (κ3) is 3.15. The fraction of sp³-hybridized carbons (Fsp3) is 0.250. The molecule has 2 aromatic carbocycles. The molecule has 0 bridgehead atoms. The largest absolute Gasteiger partial charge is 0.480 e. The van der Waals surface area contributed by atoms with Gasteiger partial charge in [0.25, 0.3) is 0 Å². The van der Waals surface area contributed by atoms with Crippen LogP contribution in [-0.4, -0.2) is 42.2 Å². The van der Waals surface area contributed by atoms with E-state index < -0.39 is 12.0 Å². The Bertz CT molecular complexity index is 881. The van der Waals surface area contributed by atoms with Crippen LogP contribution in [0.2, 0.25) is 0 Å². The van der Waals surface area contributed by atoms with Gasteiger partial charge in [-0.3, -0.25) is 9.69 Å². The quantitative estimate of drug-likeness (QED) is 0.777. The highest BCUT2D eigenvalue weighted by Gasteiger charge is 2.33. The standard InChI is InChI=1S/C20H19FN2O3/c21-15-5-7-16(8-6-15)22-9-11-23(12-10-22)19(20(24)25)18-13-14-3-1-2-4-17(14)26-18/h1-8,13,19H,9-12H2,(H,24,25). The van der Waals surface area contributed by atoms with Crippen molar-refractivity contribution in [3.8, 4) is 0 Å². The maximum atomic E-state index is 13.1. The number of aliphatic carboxylic acids is 1. The number of hydrogen-bond acceptors (Lipinski definition) is 4. The van der Waals surface area contributed by atoms with Crippen molar-refractivity contribution in [1.29, 1.82) is 0 Å². The fourth-order valence-corrected chi connectivity index (χ4v) is 3.49. The monoisotopic (exact) mass is 354 g/mol. The number of furan rings is 1. The van der Waals surface area contributed by atoms with Crippen LogP contribution in [0, 0.1) is 5.82 Å². The molecule has 0 spiro atoms. The van der Waals surface area contributed by atoms with Gasteiger partial charge in [-0.05, 0) is 36.4 Å². The molecule has 1 unspecified atom stereocenters. The molecule has 0 saturated carbocycles. The number of carbonyl (C=O) groups is 1. The van der Waals surface area contributed by atoms with E-state index in [1.54, 1.807) is 18.2 Å². The van der Waals surface area contributed by atoms with E-state index in [2.05, 4.69) is 4.90 Å². The van der Waals surface area contributed by atoms with Gasteiger partial charge in [-0.1, -0.05) is 18.2 Å². The van der Waals surface area contributed by atoms with Gasteiger partial charge in [-0.2, -0.15) is 0 Å². The minimum absolute atomic E-state index is 0.261. The van der Waals surface area contributed by atoms with Crippen molar-refractivity contribution in [1.82, 2.24) is 4.90 Å². The number of carboxylic acids is 1. The number of para-hydroxylation sites is 1. The number of nitrogens with zero attached hydrogens (tertiary/aromatic N) is 2. The Hall–Kier alpha value is -2.86. The second-order valence-corrected chi connectivity index (χ2v) is 6.43. The van der Waals surface area contributed by atoms with Crippen LogP contribution in [0.5, 0.6) is 0 Å². The summed E-state index contributed by atoms with van der Waals surface area (Å²) in [6.45, 7) is 2.53. The number of fused-ring (bicyclic) bond motifs is 1. The lowest BCUT2D eigenvalue weighted by Gasteiger charge is -2.38. The highest BCUT2D eigenvalue weighted by atomic mass is 19.1. The minimum Gasteiger partial charge on any atom is -0.480 e. The lowest BCUT2D eigenvalue weighted by molar-refractivity contribution is -0.144. The molecule has 0 aliphatic carbocycles. The summed E-state index contributed by atoms with van der Waals surface area (Å²) in [5.41, 5.74) is 1.64. The zero-order valence-electron chi connectivity index (χ0n) is 14.1. The molecule has 5 nitrogen and oxygen atoms in total. The summed E-state index contributed by atoms with van der Waals surface area (Å²) < 4.78 is 18.9. The van der Waals surface area contributed by atoms with Crippen LogP contribution >= 0.6 is 0 Å². The van der Waals surface area contributed by atoms with E-state index in [-0.39, 0.29) is 5.82 Å². The van der Waals surface area contributed by atoms with Gasteiger partial charge >= 0.3 is 5.97 Å². The van der Waals surface area contributed by atoms with Gasteiger partial charge in [-0.15, -0.1) is 0 Å². The van der Waals surface area contributed by atoms with Crippen molar-refractivity contribution in [3.63, 3.8) is 0 Å². The predicted molar refractivity (Wildman–Crippen MR) is 96.8 cm³/mol. The van der Waals surface area contributed by atoms with Crippen LogP contribution in [0.1, 0.15) is 11.8 Å². The van der Waals surface area contributed by atoms with Gasteiger partial charge in [-0.25, -0.2) is 4.39 Å². The van der Waals surface area contributed by atoms with Crippen LogP contribution in [-0.2, 0) is 4.79 Å². The van der Waals surface area contributed by atoms with Gasteiger partial charge < -0.3 is 14.4 Å². The van der Waals surface area contributed by atoms with Gasteiger partial charge in [0.15, 0.2) is 6.04 Å². The van der Waals surface area contributed by atoms with E-state index in [9.17, 15) is 14.3 Å². The second-order valence-electron chi connectivity index (χ2n) is 6.43. The van der Waals surface area contributed by atoms with E-state index >= 15 is 0 Å². The summed E-state index contributed by atoms with van der Waals surface area (Å²) in [6, 6.07) is 14.9. The molecule has 1 fully saturated rings. The zero-order valence-corrected chi connectivity index (χ0v) is 14.1. The van der Waals surface area contributed by atoms with Crippen molar-refractivity contribution in [3.05, 3.63) is 66.2 Å². The average Bonchev–Trinajstić information content (AvgIpc) is 3.06. The number of benzene rings is 2. The van der Waals surface area contributed by atoms with Crippen LogP contribution < -0.4 is 4.90 Å². The van der Waals surface area contributed by atoms with Crippen LogP contribution in [0.3, 0.4) is 0 Å². The number of rotatable bonds is 4. The van der Waals surface area contributed by atoms with Gasteiger partial charge in [0.1, 0.15) is 17.2 Å². The molecule has 4 rings (SSSR count). The normalized spacial score (nSPS) is 16.7. The van der Waals surface area contributed by atoms with Crippen LogP contribution in [0.15, 0.2) is 59.0 Å². The zero-order chi connectivity index (χ0) is 18.1. The predicted octanol–water partition coefficient (Wildman–Crippen LogP) is 3.52. The molecule has 0 radical (unpaired) electrons. The Kier molecular flexibility index (Phi) is 4.34. The first-order valence-electron chi connectivity index (χ1n) is 8.58. The van der Waals surface area contributed by atoms with E-state index in [4.69, 9.17) is 4.42 Å². The third-order valence-corrected chi connectivity index (χ3v) is 4.82. The third-order valence-electron chi connectivity index (χ3n) is 4.82. The summed E-state index contributed by atoms with van der Waals surface area (Å²) in [4.78, 5) is 16.0. The molecule has 3 aromatic rings. The van der Waals surface area contributed by atoms with E-state index in [1.165, 1.54) is 12.1 Å². The van der Waals surface area contributed by atoms with Crippen molar-refractivity contribution < 1.29 is 18.7 Å². The highest BCUT2D eigenvalue weighted by molar-refractivity contribution is 5.81. The Morgan fingerprint density at radius 3 is 2.38 bits per heavy atom. The second kappa shape index (κ2) is 6.80. The fourth-order valence-electron chi connectivity index (χ4n) is 3.49. The Morgan fingerprint density at radius 1 is 1.04 bits per heavy atom. The molecule has 6 heteroatoms. The Morgan fingerprint density at radius 2 is 1.73 bits per heavy atom. The first kappa shape index (κ1) is 16.6. The molecule has 2 heterocycles.